The average Bonchev–Trinajstić information content (AvgIpc) is 2.40. The summed E-state index contributed by atoms with van der Waals surface area (Å²) < 4.78 is 0. The van der Waals surface area contributed by atoms with Gasteiger partial charge in [0.05, 0.1) is 0 Å². The Hall–Kier alpha value is -0.820. The van der Waals surface area contributed by atoms with Crippen molar-refractivity contribution in [3.8, 4) is 0 Å². The van der Waals surface area contributed by atoms with Gasteiger partial charge in [0.2, 0.25) is 0 Å². The molecule has 0 saturated carbocycles. The monoisotopic (exact) mass is 161 g/mol. The van der Waals surface area contributed by atoms with Crippen LogP contribution in [-0.2, 0) is 6.42 Å². The summed E-state index contributed by atoms with van der Waals surface area (Å²) in [6.07, 6.45) is 1.22. The van der Waals surface area contributed by atoms with Crippen LogP contribution < -0.4 is 5.32 Å². The molecule has 12 heavy (non-hydrogen) atoms. The quantitative estimate of drug-likeness (QED) is 0.665. The summed E-state index contributed by atoms with van der Waals surface area (Å²) in [7, 11) is 2.04. The molecule has 0 spiro atoms. The van der Waals surface area contributed by atoms with Crippen molar-refractivity contribution in [3.63, 3.8) is 0 Å². The lowest BCUT2D eigenvalue weighted by molar-refractivity contribution is 0.447. The minimum atomic E-state index is 0.571. The number of rotatable bonds is 1. The van der Waals surface area contributed by atoms with Gasteiger partial charge in [-0.3, -0.25) is 0 Å². The summed E-state index contributed by atoms with van der Waals surface area (Å²) in [5.41, 5.74) is 3.01. The van der Waals surface area contributed by atoms with Crippen LogP contribution in [0.1, 0.15) is 24.1 Å². The molecule has 0 heterocycles. The normalized spacial score (nSPS) is 27.2. The maximum atomic E-state index is 3.37. The SMILES string of the molecule is CN[C@H]1c2ccccc2CC1C. The second-order valence-corrected chi connectivity index (χ2v) is 3.65. The van der Waals surface area contributed by atoms with Crippen LogP contribution in [0.3, 0.4) is 0 Å². The van der Waals surface area contributed by atoms with E-state index in [1.54, 1.807) is 0 Å². The third-order valence-corrected chi connectivity index (χ3v) is 2.81. The molecule has 1 unspecified atom stereocenters. The molecule has 0 fully saturated rings. The van der Waals surface area contributed by atoms with Crippen LogP contribution in [-0.4, -0.2) is 7.05 Å². The van der Waals surface area contributed by atoms with Crippen LogP contribution in [0.15, 0.2) is 24.3 Å². The molecule has 0 bridgehead atoms. The van der Waals surface area contributed by atoms with Crippen LogP contribution in [0.25, 0.3) is 0 Å². The van der Waals surface area contributed by atoms with E-state index in [9.17, 15) is 0 Å². The Kier molecular flexibility index (Phi) is 1.89. The topological polar surface area (TPSA) is 12.0 Å². The van der Waals surface area contributed by atoms with Crippen molar-refractivity contribution >= 4 is 0 Å². The molecule has 0 aliphatic heterocycles. The lowest BCUT2D eigenvalue weighted by Gasteiger charge is -2.14. The fourth-order valence-corrected chi connectivity index (χ4v) is 2.23. The molecular formula is C11H15N. The summed E-state index contributed by atoms with van der Waals surface area (Å²) >= 11 is 0. The number of fused-ring (bicyclic) bond motifs is 1. The van der Waals surface area contributed by atoms with Gasteiger partial charge in [-0.2, -0.15) is 0 Å². The molecule has 0 radical (unpaired) electrons. The first-order valence-corrected chi connectivity index (χ1v) is 4.58. The molecule has 2 atom stereocenters. The number of benzene rings is 1. The Bertz CT molecular complexity index is 280. The van der Waals surface area contributed by atoms with Crippen LogP contribution >= 0.6 is 0 Å². The predicted molar refractivity (Wildman–Crippen MR) is 51.1 cm³/mol. The Morgan fingerprint density at radius 2 is 2.08 bits per heavy atom. The van der Waals surface area contributed by atoms with Crippen LogP contribution in [0.5, 0.6) is 0 Å². The Morgan fingerprint density at radius 1 is 1.33 bits per heavy atom. The van der Waals surface area contributed by atoms with E-state index in [0.29, 0.717) is 6.04 Å². The first-order valence-electron chi connectivity index (χ1n) is 4.58. The molecule has 64 valence electrons. The highest BCUT2D eigenvalue weighted by molar-refractivity contribution is 5.35. The van der Waals surface area contributed by atoms with Gasteiger partial charge in [-0.05, 0) is 30.5 Å². The van der Waals surface area contributed by atoms with Gasteiger partial charge in [0.1, 0.15) is 0 Å². The first kappa shape index (κ1) is 7.81. The van der Waals surface area contributed by atoms with E-state index in [1.807, 2.05) is 7.05 Å². The average molecular weight is 161 g/mol. The predicted octanol–water partition coefficient (Wildman–Crippen LogP) is 2.14. The van der Waals surface area contributed by atoms with Gasteiger partial charge >= 0.3 is 0 Å². The van der Waals surface area contributed by atoms with Crippen molar-refractivity contribution in [1.82, 2.24) is 5.32 Å². The smallest absolute Gasteiger partial charge is 0.0349 e. The van der Waals surface area contributed by atoms with Gasteiger partial charge in [-0.15, -0.1) is 0 Å². The zero-order chi connectivity index (χ0) is 8.55. The Balaban J connectivity index is 2.40. The van der Waals surface area contributed by atoms with Crippen molar-refractivity contribution < 1.29 is 0 Å². The lowest BCUT2D eigenvalue weighted by atomic mass is 10.0. The molecule has 1 aliphatic carbocycles. The summed E-state index contributed by atoms with van der Waals surface area (Å²) in [5, 5.41) is 3.37. The van der Waals surface area contributed by atoms with Crippen molar-refractivity contribution in [2.45, 2.75) is 19.4 Å². The molecule has 2 rings (SSSR count). The highest BCUT2D eigenvalue weighted by Crippen LogP contribution is 2.34. The van der Waals surface area contributed by atoms with Gasteiger partial charge < -0.3 is 5.32 Å². The van der Waals surface area contributed by atoms with Gasteiger partial charge in [-0.1, -0.05) is 31.2 Å². The molecule has 1 aromatic carbocycles. The van der Waals surface area contributed by atoms with Crippen LogP contribution in [0.4, 0.5) is 0 Å². The minimum Gasteiger partial charge on any atom is -0.313 e. The third-order valence-electron chi connectivity index (χ3n) is 2.81. The fourth-order valence-electron chi connectivity index (χ4n) is 2.23. The maximum Gasteiger partial charge on any atom is 0.0349 e. The van der Waals surface area contributed by atoms with Crippen molar-refractivity contribution in [2.24, 2.45) is 5.92 Å². The number of nitrogens with one attached hydrogen (secondary N) is 1. The molecule has 0 amide bonds. The molecule has 1 nitrogen and oxygen atoms in total. The zero-order valence-corrected chi connectivity index (χ0v) is 7.67. The summed E-state index contributed by atoms with van der Waals surface area (Å²) in [6.45, 7) is 2.31. The highest BCUT2D eigenvalue weighted by atomic mass is 14.9. The van der Waals surface area contributed by atoms with E-state index in [2.05, 4.69) is 36.5 Å². The van der Waals surface area contributed by atoms with Crippen molar-refractivity contribution in [3.05, 3.63) is 35.4 Å². The van der Waals surface area contributed by atoms with E-state index in [4.69, 9.17) is 0 Å². The van der Waals surface area contributed by atoms with Crippen molar-refractivity contribution in [1.29, 1.82) is 0 Å². The second kappa shape index (κ2) is 2.91. The lowest BCUT2D eigenvalue weighted by Crippen LogP contribution is -2.19. The summed E-state index contributed by atoms with van der Waals surface area (Å²) in [5.74, 6) is 0.743. The molecule has 0 aromatic heterocycles. The molecule has 0 saturated heterocycles. The van der Waals surface area contributed by atoms with Crippen molar-refractivity contribution in [2.75, 3.05) is 7.05 Å². The van der Waals surface area contributed by atoms with Crippen LogP contribution in [0.2, 0.25) is 0 Å². The molecule has 1 aromatic rings. The molecule has 1 aliphatic rings. The maximum absolute atomic E-state index is 3.37. The summed E-state index contributed by atoms with van der Waals surface area (Å²) in [4.78, 5) is 0. The fraction of sp³-hybridized carbons (Fsp3) is 0.455. The Labute approximate surface area is 73.8 Å². The standard InChI is InChI=1S/C11H15N/c1-8-7-9-5-3-4-6-10(9)11(8)12-2/h3-6,8,11-12H,7H2,1-2H3/t8?,11-/m1/s1. The molecule has 1 heteroatoms. The van der Waals surface area contributed by atoms with E-state index < -0.39 is 0 Å². The van der Waals surface area contributed by atoms with E-state index >= 15 is 0 Å². The third kappa shape index (κ3) is 1.05. The zero-order valence-electron chi connectivity index (χ0n) is 7.67. The van der Waals surface area contributed by atoms with Gasteiger partial charge in [0.25, 0.3) is 0 Å². The number of hydrogen-bond donors (Lipinski definition) is 1. The van der Waals surface area contributed by atoms with Crippen LogP contribution in [0, 0.1) is 5.92 Å². The minimum absolute atomic E-state index is 0.571. The number of hydrogen-bond acceptors (Lipinski definition) is 1. The van der Waals surface area contributed by atoms with E-state index in [-0.39, 0.29) is 0 Å². The van der Waals surface area contributed by atoms with Gasteiger partial charge in [-0.25, -0.2) is 0 Å². The molecule has 1 N–H and O–H groups in total. The first-order chi connectivity index (χ1) is 5.83. The molecular weight excluding hydrogens is 146 g/mol. The summed E-state index contributed by atoms with van der Waals surface area (Å²) in [6, 6.07) is 9.30. The second-order valence-electron chi connectivity index (χ2n) is 3.65. The Morgan fingerprint density at radius 3 is 2.83 bits per heavy atom. The van der Waals surface area contributed by atoms with E-state index in [0.717, 1.165) is 5.92 Å². The van der Waals surface area contributed by atoms with Gasteiger partial charge in [0.15, 0.2) is 0 Å². The van der Waals surface area contributed by atoms with E-state index in [1.165, 1.54) is 17.5 Å². The van der Waals surface area contributed by atoms with Gasteiger partial charge in [0, 0.05) is 6.04 Å². The highest BCUT2D eigenvalue weighted by Gasteiger charge is 2.26. The largest absolute Gasteiger partial charge is 0.313 e.